The van der Waals surface area contributed by atoms with E-state index in [-0.39, 0.29) is 17.6 Å². The standard InChI is InChI=1S/C19H23FN4O/c1-12(2)18-17(9-22-24(18)16-5-3-15(20)4-6-16)19(25)23-10-13-7-21-8-14(13)11-23/h3-6,9,12-14,21H,7-8,10-11H2,1-2H3/t13-,14+. The third-order valence-electron chi connectivity index (χ3n) is 5.33. The summed E-state index contributed by atoms with van der Waals surface area (Å²) in [5, 5.41) is 7.83. The number of amides is 1. The molecule has 1 N–H and O–H groups in total. The first kappa shape index (κ1) is 16.3. The van der Waals surface area contributed by atoms with E-state index in [1.54, 1.807) is 23.0 Å². The highest BCUT2D eigenvalue weighted by Gasteiger charge is 2.39. The molecule has 2 aromatic rings. The Hall–Kier alpha value is -2.21. The number of carbonyl (C=O) groups is 1. The lowest BCUT2D eigenvalue weighted by Gasteiger charge is -2.19. The number of hydrogen-bond donors (Lipinski definition) is 1. The zero-order valence-electron chi connectivity index (χ0n) is 14.6. The van der Waals surface area contributed by atoms with Crippen LogP contribution >= 0.6 is 0 Å². The van der Waals surface area contributed by atoms with Crippen molar-refractivity contribution in [3.05, 3.63) is 47.5 Å². The monoisotopic (exact) mass is 342 g/mol. The Morgan fingerprint density at radius 2 is 1.84 bits per heavy atom. The molecule has 4 rings (SSSR count). The maximum atomic E-state index is 13.2. The zero-order chi connectivity index (χ0) is 17.6. The van der Waals surface area contributed by atoms with Gasteiger partial charge in [-0.05, 0) is 42.0 Å². The van der Waals surface area contributed by atoms with Gasteiger partial charge < -0.3 is 10.2 Å². The maximum Gasteiger partial charge on any atom is 0.257 e. The molecule has 6 heteroatoms. The van der Waals surface area contributed by atoms with Crippen LogP contribution in [-0.2, 0) is 0 Å². The number of aromatic nitrogens is 2. The molecular formula is C19H23FN4O. The number of halogens is 1. The summed E-state index contributed by atoms with van der Waals surface area (Å²) in [6.45, 7) is 7.74. The van der Waals surface area contributed by atoms with E-state index >= 15 is 0 Å². The lowest BCUT2D eigenvalue weighted by atomic mass is 10.0. The highest BCUT2D eigenvalue weighted by Crippen LogP contribution is 2.30. The molecule has 132 valence electrons. The van der Waals surface area contributed by atoms with Crippen LogP contribution < -0.4 is 5.32 Å². The van der Waals surface area contributed by atoms with Crippen molar-refractivity contribution >= 4 is 5.91 Å². The minimum absolute atomic E-state index is 0.0615. The predicted octanol–water partition coefficient (Wildman–Crippen LogP) is 2.43. The summed E-state index contributed by atoms with van der Waals surface area (Å²) in [6, 6.07) is 6.21. The molecular weight excluding hydrogens is 319 g/mol. The van der Waals surface area contributed by atoms with Crippen LogP contribution in [0.4, 0.5) is 4.39 Å². The van der Waals surface area contributed by atoms with Crippen molar-refractivity contribution in [1.82, 2.24) is 20.0 Å². The van der Waals surface area contributed by atoms with Gasteiger partial charge in [-0.25, -0.2) is 9.07 Å². The first-order valence-electron chi connectivity index (χ1n) is 8.88. The average Bonchev–Trinajstić information content (AvgIpc) is 3.28. The van der Waals surface area contributed by atoms with Gasteiger partial charge in [0.2, 0.25) is 0 Å². The van der Waals surface area contributed by atoms with Crippen LogP contribution in [0.15, 0.2) is 30.5 Å². The molecule has 1 aromatic carbocycles. The third kappa shape index (κ3) is 2.84. The van der Waals surface area contributed by atoms with Crippen molar-refractivity contribution in [2.24, 2.45) is 11.8 Å². The molecule has 0 unspecified atom stereocenters. The van der Waals surface area contributed by atoms with Crippen molar-refractivity contribution in [2.45, 2.75) is 19.8 Å². The van der Waals surface area contributed by atoms with Gasteiger partial charge in [0.05, 0.1) is 23.1 Å². The van der Waals surface area contributed by atoms with Gasteiger partial charge in [0, 0.05) is 26.2 Å². The molecule has 0 saturated carbocycles. The molecule has 2 fully saturated rings. The average molecular weight is 342 g/mol. The summed E-state index contributed by atoms with van der Waals surface area (Å²) in [5.41, 5.74) is 2.31. The topological polar surface area (TPSA) is 50.2 Å². The zero-order valence-corrected chi connectivity index (χ0v) is 14.6. The van der Waals surface area contributed by atoms with Crippen molar-refractivity contribution in [3.8, 4) is 5.69 Å². The number of benzene rings is 1. The number of fused-ring (bicyclic) bond motifs is 1. The second-order valence-electron chi connectivity index (χ2n) is 7.37. The van der Waals surface area contributed by atoms with Gasteiger partial charge in [0.25, 0.3) is 5.91 Å². The lowest BCUT2D eigenvalue weighted by Crippen LogP contribution is -2.32. The van der Waals surface area contributed by atoms with Crippen LogP contribution in [0.5, 0.6) is 0 Å². The molecule has 2 atom stereocenters. The van der Waals surface area contributed by atoms with Gasteiger partial charge in [0.15, 0.2) is 0 Å². The summed E-state index contributed by atoms with van der Waals surface area (Å²) in [7, 11) is 0. The summed E-state index contributed by atoms with van der Waals surface area (Å²) < 4.78 is 15.0. The molecule has 0 bridgehead atoms. The number of carbonyl (C=O) groups excluding carboxylic acids is 1. The number of nitrogens with one attached hydrogen (secondary N) is 1. The van der Waals surface area contributed by atoms with Gasteiger partial charge in [0.1, 0.15) is 5.82 Å². The van der Waals surface area contributed by atoms with Gasteiger partial charge in [-0.2, -0.15) is 5.10 Å². The van der Waals surface area contributed by atoms with Crippen molar-refractivity contribution in [2.75, 3.05) is 26.2 Å². The lowest BCUT2D eigenvalue weighted by molar-refractivity contribution is 0.0780. The second kappa shape index (κ2) is 6.26. The largest absolute Gasteiger partial charge is 0.338 e. The smallest absolute Gasteiger partial charge is 0.257 e. The molecule has 1 amide bonds. The Labute approximate surface area is 146 Å². The SMILES string of the molecule is CC(C)c1c(C(=O)N2C[C@H]3CNC[C@H]3C2)cnn1-c1ccc(F)cc1. The van der Waals surface area contributed by atoms with Gasteiger partial charge >= 0.3 is 0 Å². The van der Waals surface area contributed by atoms with Crippen molar-refractivity contribution in [1.29, 1.82) is 0 Å². The minimum atomic E-state index is -0.282. The fourth-order valence-electron chi connectivity index (χ4n) is 4.06. The maximum absolute atomic E-state index is 13.2. The molecule has 5 nitrogen and oxygen atoms in total. The van der Waals surface area contributed by atoms with E-state index in [1.165, 1.54) is 12.1 Å². The molecule has 2 aliphatic heterocycles. The van der Waals surface area contributed by atoms with E-state index in [9.17, 15) is 9.18 Å². The molecule has 25 heavy (non-hydrogen) atoms. The van der Waals surface area contributed by atoms with Gasteiger partial charge in [-0.15, -0.1) is 0 Å². The first-order chi connectivity index (χ1) is 12.0. The Balaban J connectivity index is 1.66. The third-order valence-corrected chi connectivity index (χ3v) is 5.33. The van der Waals surface area contributed by atoms with E-state index in [0.717, 1.165) is 37.6 Å². The van der Waals surface area contributed by atoms with Crippen LogP contribution in [0.25, 0.3) is 5.69 Å². The summed E-state index contributed by atoms with van der Waals surface area (Å²) in [4.78, 5) is 15.1. The van der Waals surface area contributed by atoms with Crippen LogP contribution in [0.1, 0.15) is 35.8 Å². The first-order valence-corrected chi connectivity index (χ1v) is 8.88. The number of nitrogens with zero attached hydrogens (tertiary/aromatic N) is 3. The number of likely N-dealkylation sites (tertiary alicyclic amines) is 1. The molecule has 2 saturated heterocycles. The van der Waals surface area contributed by atoms with E-state index in [4.69, 9.17) is 0 Å². The van der Waals surface area contributed by atoms with Crippen LogP contribution in [0, 0.1) is 17.7 Å². The molecule has 3 heterocycles. The van der Waals surface area contributed by atoms with Crippen LogP contribution in [-0.4, -0.2) is 46.8 Å². The normalized spacial score (nSPS) is 22.6. The Kier molecular flexibility index (Phi) is 4.07. The van der Waals surface area contributed by atoms with Gasteiger partial charge in [-0.3, -0.25) is 4.79 Å². The Morgan fingerprint density at radius 3 is 2.44 bits per heavy atom. The van der Waals surface area contributed by atoms with Crippen LogP contribution in [0.2, 0.25) is 0 Å². The van der Waals surface area contributed by atoms with E-state index in [1.807, 2.05) is 4.90 Å². The van der Waals surface area contributed by atoms with Crippen molar-refractivity contribution in [3.63, 3.8) is 0 Å². The fourth-order valence-corrected chi connectivity index (χ4v) is 4.06. The van der Waals surface area contributed by atoms with E-state index in [2.05, 4.69) is 24.3 Å². The highest BCUT2D eigenvalue weighted by atomic mass is 19.1. The van der Waals surface area contributed by atoms with Crippen molar-refractivity contribution < 1.29 is 9.18 Å². The summed E-state index contributed by atoms with van der Waals surface area (Å²) in [6.07, 6.45) is 1.66. The molecule has 2 aliphatic rings. The molecule has 0 aliphatic carbocycles. The fraction of sp³-hybridized carbons (Fsp3) is 0.474. The predicted molar refractivity (Wildman–Crippen MR) is 93.4 cm³/mol. The molecule has 0 radical (unpaired) electrons. The highest BCUT2D eigenvalue weighted by molar-refractivity contribution is 5.95. The summed E-state index contributed by atoms with van der Waals surface area (Å²) >= 11 is 0. The number of rotatable bonds is 3. The minimum Gasteiger partial charge on any atom is -0.338 e. The Morgan fingerprint density at radius 1 is 1.20 bits per heavy atom. The Bertz CT molecular complexity index is 771. The number of hydrogen-bond acceptors (Lipinski definition) is 3. The second-order valence-corrected chi connectivity index (χ2v) is 7.37. The summed E-state index contributed by atoms with van der Waals surface area (Å²) in [5.74, 6) is 1.05. The molecule has 0 spiro atoms. The molecule has 1 aromatic heterocycles. The van der Waals surface area contributed by atoms with E-state index in [0.29, 0.717) is 17.4 Å². The van der Waals surface area contributed by atoms with Crippen LogP contribution in [0.3, 0.4) is 0 Å². The van der Waals surface area contributed by atoms with E-state index < -0.39 is 0 Å². The quantitative estimate of drug-likeness (QED) is 0.932. The van der Waals surface area contributed by atoms with Gasteiger partial charge in [-0.1, -0.05) is 13.8 Å².